The minimum atomic E-state index is 0.753. The van der Waals surface area contributed by atoms with Gasteiger partial charge in [-0.05, 0) is 25.0 Å². The molecule has 0 aliphatic carbocycles. The van der Waals surface area contributed by atoms with Gasteiger partial charge in [0.15, 0.2) is 0 Å². The van der Waals surface area contributed by atoms with Gasteiger partial charge >= 0.3 is 0 Å². The fraction of sp³-hybridized carbons (Fsp3) is 0.333. The van der Waals surface area contributed by atoms with Crippen LogP contribution in [0.5, 0.6) is 0 Å². The Labute approximate surface area is 66.9 Å². The number of nitrogens with one attached hydrogen (secondary N) is 1. The van der Waals surface area contributed by atoms with Gasteiger partial charge in [-0.3, -0.25) is 0 Å². The Morgan fingerprint density at radius 2 is 2.55 bits per heavy atom. The fourth-order valence-electron chi connectivity index (χ4n) is 0.952. The summed E-state index contributed by atoms with van der Waals surface area (Å²) >= 11 is 0. The van der Waals surface area contributed by atoms with E-state index in [0.717, 1.165) is 19.4 Å². The molecule has 0 fully saturated rings. The van der Waals surface area contributed by atoms with E-state index in [0.29, 0.717) is 0 Å². The lowest BCUT2D eigenvalue weighted by Crippen LogP contribution is -1.91. The molecule has 1 aromatic rings. The number of rotatable bonds is 5. The van der Waals surface area contributed by atoms with E-state index in [2.05, 4.69) is 17.6 Å². The molecule has 0 radical (unpaired) electrons. The van der Waals surface area contributed by atoms with Crippen LogP contribution in [0.1, 0.15) is 12.1 Å². The van der Waals surface area contributed by atoms with Gasteiger partial charge in [0.05, 0.1) is 12.9 Å². The number of H-pyrrole nitrogens is 1. The topological polar surface area (TPSA) is 25.0 Å². The summed E-state index contributed by atoms with van der Waals surface area (Å²) in [6.07, 6.45) is 5.49. The van der Waals surface area contributed by atoms with Crippen molar-refractivity contribution in [1.29, 1.82) is 0 Å². The number of aromatic nitrogens is 1. The van der Waals surface area contributed by atoms with Gasteiger partial charge in [0, 0.05) is 11.9 Å². The van der Waals surface area contributed by atoms with Crippen LogP contribution in [0.3, 0.4) is 0 Å². The third-order valence-electron chi connectivity index (χ3n) is 1.49. The zero-order chi connectivity index (χ0) is 7.94. The molecule has 0 saturated heterocycles. The van der Waals surface area contributed by atoms with Gasteiger partial charge in [0.25, 0.3) is 0 Å². The zero-order valence-electron chi connectivity index (χ0n) is 6.55. The van der Waals surface area contributed by atoms with E-state index < -0.39 is 0 Å². The molecular formula is C9H13NO. The second kappa shape index (κ2) is 4.61. The molecule has 0 aliphatic rings. The van der Waals surface area contributed by atoms with Crippen LogP contribution in [0.15, 0.2) is 31.2 Å². The lowest BCUT2D eigenvalue weighted by Gasteiger charge is -1.98. The molecule has 0 aliphatic heterocycles. The lowest BCUT2D eigenvalue weighted by atomic mass is 10.2. The maximum absolute atomic E-state index is 4.98. The van der Waals surface area contributed by atoms with Crippen LogP contribution in [0.4, 0.5) is 0 Å². The van der Waals surface area contributed by atoms with Gasteiger partial charge in [-0.2, -0.15) is 0 Å². The molecular weight excluding hydrogens is 138 g/mol. The lowest BCUT2D eigenvalue weighted by molar-refractivity contribution is 0.246. The van der Waals surface area contributed by atoms with E-state index in [-0.39, 0.29) is 0 Å². The van der Waals surface area contributed by atoms with E-state index in [1.165, 1.54) is 12.0 Å². The highest BCUT2D eigenvalue weighted by atomic mass is 16.5. The SMILES string of the molecule is C=COCCCc1ccc[nH]1. The Morgan fingerprint density at radius 1 is 1.64 bits per heavy atom. The Kier molecular flexibility index (Phi) is 3.32. The van der Waals surface area contributed by atoms with E-state index in [4.69, 9.17) is 4.74 Å². The summed E-state index contributed by atoms with van der Waals surface area (Å²) in [4.78, 5) is 3.13. The van der Waals surface area contributed by atoms with Gasteiger partial charge < -0.3 is 9.72 Å². The van der Waals surface area contributed by atoms with Crippen molar-refractivity contribution >= 4 is 0 Å². The number of hydrogen-bond donors (Lipinski definition) is 1. The van der Waals surface area contributed by atoms with Crippen molar-refractivity contribution in [2.45, 2.75) is 12.8 Å². The Balaban J connectivity index is 2.09. The number of hydrogen-bond acceptors (Lipinski definition) is 1. The van der Waals surface area contributed by atoms with Gasteiger partial charge in [-0.1, -0.05) is 6.58 Å². The van der Waals surface area contributed by atoms with Crippen molar-refractivity contribution in [2.24, 2.45) is 0 Å². The van der Waals surface area contributed by atoms with Crippen molar-refractivity contribution in [3.05, 3.63) is 36.9 Å². The summed E-state index contributed by atoms with van der Waals surface area (Å²) in [5.74, 6) is 0. The van der Waals surface area contributed by atoms with E-state index in [9.17, 15) is 0 Å². The molecule has 2 nitrogen and oxygen atoms in total. The monoisotopic (exact) mass is 151 g/mol. The molecule has 0 bridgehead atoms. The van der Waals surface area contributed by atoms with Crippen molar-refractivity contribution in [2.75, 3.05) is 6.61 Å². The highest BCUT2D eigenvalue weighted by Crippen LogP contribution is 1.98. The van der Waals surface area contributed by atoms with Crippen LogP contribution in [0.25, 0.3) is 0 Å². The van der Waals surface area contributed by atoms with E-state index in [1.54, 1.807) is 0 Å². The first-order valence-corrected chi connectivity index (χ1v) is 3.78. The molecule has 11 heavy (non-hydrogen) atoms. The van der Waals surface area contributed by atoms with Crippen LogP contribution in [0.2, 0.25) is 0 Å². The summed E-state index contributed by atoms with van der Waals surface area (Å²) in [5.41, 5.74) is 1.26. The third kappa shape index (κ3) is 2.94. The normalized spacial score (nSPS) is 9.45. The number of aryl methyl sites for hydroxylation is 1. The maximum atomic E-state index is 4.98. The number of aromatic amines is 1. The average Bonchev–Trinajstić information content (AvgIpc) is 2.50. The third-order valence-corrected chi connectivity index (χ3v) is 1.49. The first-order valence-electron chi connectivity index (χ1n) is 3.78. The molecule has 1 heterocycles. The molecule has 0 saturated carbocycles. The molecule has 60 valence electrons. The highest BCUT2D eigenvalue weighted by molar-refractivity contribution is 5.03. The van der Waals surface area contributed by atoms with Gasteiger partial charge in [-0.25, -0.2) is 0 Å². The van der Waals surface area contributed by atoms with Crippen molar-refractivity contribution < 1.29 is 4.74 Å². The highest BCUT2D eigenvalue weighted by Gasteiger charge is 1.91. The molecule has 0 spiro atoms. The maximum Gasteiger partial charge on any atom is 0.0876 e. The Hall–Kier alpha value is -1.18. The summed E-state index contributed by atoms with van der Waals surface area (Å²) in [6, 6.07) is 4.08. The van der Waals surface area contributed by atoms with Gasteiger partial charge in [-0.15, -0.1) is 0 Å². The fourth-order valence-corrected chi connectivity index (χ4v) is 0.952. The van der Waals surface area contributed by atoms with Crippen LogP contribution in [-0.2, 0) is 11.2 Å². The molecule has 0 aromatic carbocycles. The summed E-state index contributed by atoms with van der Waals surface area (Å²) in [6.45, 7) is 4.22. The molecule has 1 N–H and O–H groups in total. The van der Waals surface area contributed by atoms with Crippen molar-refractivity contribution in [3.63, 3.8) is 0 Å². The van der Waals surface area contributed by atoms with Crippen LogP contribution >= 0.6 is 0 Å². The number of ether oxygens (including phenoxy) is 1. The Morgan fingerprint density at radius 3 is 3.18 bits per heavy atom. The van der Waals surface area contributed by atoms with Gasteiger partial charge in [0.1, 0.15) is 0 Å². The van der Waals surface area contributed by atoms with E-state index in [1.807, 2.05) is 12.3 Å². The first-order chi connectivity index (χ1) is 5.43. The first kappa shape index (κ1) is 7.92. The molecule has 2 heteroatoms. The van der Waals surface area contributed by atoms with E-state index >= 15 is 0 Å². The molecule has 0 atom stereocenters. The summed E-state index contributed by atoms with van der Waals surface area (Å²) in [5, 5.41) is 0. The predicted octanol–water partition coefficient (Wildman–Crippen LogP) is 2.11. The summed E-state index contributed by atoms with van der Waals surface area (Å²) < 4.78 is 4.98. The quantitative estimate of drug-likeness (QED) is 0.506. The Bertz CT molecular complexity index is 191. The van der Waals surface area contributed by atoms with Crippen molar-refractivity contribution in [3.8, 4) is 0 Å². The smallest absolute Gasteiger partial charge is 0.0876 e. The van der Waals surface area contributed by atoms with Crippen molar-refractivity contribution in [1.82, 2.24) is 4.98 Å². The van der Waals surface area contributed by atoms with Crippen LogP contribution in [-0.4, -0.2) is 11.6 Å². The van der Waals surface area contributed by atoms with Gasteiger partial charge in [0.2, 0.25) is 0 Å². The molecule has 0 unspecified atom stereocenters. The molecule has 0 amide bonds. The minimum Gasteiger partial charge on any atom is -0.502 e. The molecule has 1 rings (SSSR count). The van der Waals surface area contributed by atoms with Crippen LogP contribution < -0.4 is 0 Å². The second-order valence-electron chi connectivity index (χ2n) is 2.34. The standard InChI is InChI=1S/C9H13NO/c1-2-11-8-4-6-9-5-3-7-10-9/h2-3,5,7,10H,1,4,6,8H2. The minimum absolute atomic E-state index is 0.753. The average molecular weight is 151 g/mol. The second-order valence-corrected chi connectivity index (χ2v) is 2.34. The predicted molar refractivity (Wildman–Crippen MR) is 45.3 cm³/mol. The van der Waals surface area contributed by atoms with Crippen LogP contribution in [0, 0.1) is 0 Å². The summed E-state index contributed by atoms with van der Waals surface area (Å²) in [7, 11) is 0. The molecule has 1 aromatic heterocycles. The largest absolute Gasteiger partial charge is 0.502 e. The zero-order valence-corrected chi connectivity index (χ0v) is 6.55.